The maximum absolute atomic E-state index is 5.70. The van der Waals surface area contributed by atoms with Crippen molar-refractivity contribution < 1.29 is 4.74 Å². The predicted molar refractivity (Wildman–Crippen MR) is 99.7 cm³/mol. The molecule has 1 aliphatic rings. The van der Waals surface area contributed by atoms with Gasteiger partial charge >= 0.3 is 0 Å². The zero-order chi connectivity index (χ0) is 16.3. The van der Waals surface area contributed by atoms with Gasteiger partial charge in [0.15, 0.2) is 0 Å². The first-order valence-corrected chi connectivity index (χ1v) is 9.27. The fraction of sp³-hybridized carbons (Fsp3) is 0.545. The van der Waals surface area contributed by atoms with Gasteiger partial charge in [-0.25, -0.2) is 0 Å². The SMILES string of the molecule is C/C=C/CCOCc1ccc(C2CCC(/C=C/CC)CC2)cc1. The van der Waals surface area contributed by atoms with E-state index in [-0.39, 0.29) is 0 Å². The van der Waals surface area contributed by atoms with Crippen molar-refractivity contribution in [2.24, 2.45) is 5.92 Å². The Morgan fingerprint density at radius 3 is 2.43 bits per heavy atom. The second-order valence-electron chi connectivity index (χ2n) is 6.60. The average molecular weight is 312 g/mol. The number of rotatable bonds is 8. The van der Waals surface area contributed by atoms with Gasteiger partial charge in [0, 0.05) is 0 Å². The first-order chi connectivity index (χ1) is 11.3. The summed E-state index contributed by atoms with van der Waals surface area (Å²) in [5.41, 5.74) is 2.80. The molecule has 0 radical (unpaired) electrons. The molecule has 1 fully saturated rings. The quantitative estimate of drug-likeness (QED) is 0.398. The minimum Gasteiger partial charge on any atom is -0.376 e. The van der Waals surface area contributed by atoms with Gasteiger partial charge in [0.2, 0.25) is 0 Å². The van der Waals surface area contributed by atoms with Gasteiger partial charge in [-0.15, -0.1) is 0 Å². The summed E-state index contributed by atoms with van der Waals surface area (Å²) in [7, 11) is 0. The highest BCUT2D eigenvalue weighted by Gasteiger charge is 2.20. The topological polar surface area (TPSA) is 9.23 Å². The summed E-state index contributed by atoms with van der Waals surface area (Å²) in [4.78, 5) is 0. The van der Waals surface area contributed by atoms with Gasteiger partial charge in [-0.05, 0) is 68.4 Å². The summed E-state index contributed by atoms with van der Waals surface area (Å²) in [6, 6.07) is 9.12. The highest BCUT2D eigenvalue weighted by atomic mass is 16.5. The Morgan fingerprint density at radius 2 is 1.78 bits per heavy atom. The molecule has 0 aromatic heterocycles. The van der Waals surface area contributed by atoms with Gasteiger partial charge in [-0.2, -0.15) is 0 Å². The first-order valence-electron chi connectivity index (χ1n) is 9.27. The predicted octanol–water partition coefficient (Wildman–Crippen LogP) is 6.41. The smallest absolute Gasteiger partial charge is 0.0717 e. The molecule has 1 nitrogen and oxygen atoms in total. The van der Waals surface area contributed by atoms with E-state index in [9.17, 15) is 0 Å². The monoisotopic (exact) mass is 312 g/mol. The maximum Gasteiger partial charge on any atom is 0.0717 e. The molecule has 23 heavy (non-hydrogen) atoms. The van der Waals surface area contributed by atoms with Crippen LogP contribution in [0.25, 0.3) is 0 Å². The number of ether oxygens (including phenoxy) is 1. The molecule has 0 atom stereocenters. The molecule has 1 aromatic rings. The maximum atomic E-state index is 5.70. The molecule has 0 spiro atoms. The minimum atomic E-state index is 0.729. The molecule has 0 N–H and O–H groups in total. The molecule has 0 saturated heterocycles. The van der Waals surface area contributed by atoms with Crippen LogP contribution in [-0.2, 0) is 11.3 Å². The molecular formula is C22H32O. The second-order valence-corrected chi connectivity index (χ2v) is 6.60. The lowest BCUT2D eigenvalue weighted by atomic mass is 9.78. The highest BCUT2D eigenvalue weighted by molar-refractivity contribution is 5.25. The van der Waals surface area contributed by atoms with Crippen molar-refractivity contribution in [1.82, 2.24) is 0 Å². The highest BCUT2D eigenvalue weighted by Crippen LogP contribution is 2.36. The lowest BCUT2D eigenvalue weighted by Crippen LogP contribution is -2.11. The van der Waals surface area contributed by atoms with E-state index in [1.54, 1.807) is 0 Å². The molecule has 0 aliphatic heterocycles. The molecule has 0 bridgehead atoms. The van der Waals surface area contributed by atoms with E-state index in [2.05, 4.69) is 55.5 Å². The number of allylic oxidation sites excluding steroid dienone is 3. The van der Waals surface area contributed by atoms with Crippen LogP contribution in [0.15, 0.2) is 48.6 Å². The van der Waals surface area contributed by atoms with Crippen LogP contribution in [0.3, 0.4) is 0 Å². The normalized spacial score (nSPS) is 22.2. The average Bonchev–Trinajstić information content (AvgIpc) is 2.61. The number of benzene rings is 1. The van der Waals surface area contributed by atoms with Gasteiger partial charge < -0.3 is 4.74 Å². The van der Waals surface area contributed by atoms with Gasteiger partial charge in [0.25, 0.3) is 0 Å². The third kappa shape index (κ3) is 6.35. The van der Waals surface area contributed by atoms with Crippen molar-refractivity contribution in [3.8, 4) is 0 Å². The van der Waals surface area contributed by atoms with Crippen molar-refractivity contribution in [2.75, 3.05) is 6.61 Å². The van der Waals surface area contributed by atoms with Crippen LogP contribution in [0.4, 0.5) is 0 Å². The minimum absolute atomic E-state index is 0.729. The lowest BCUT2D eigenvalue weighted by molar-refractivity contribution is 0.125. The molecule has 1 heteroatoms. The van der Waals surface area contributed by atoms with E-state index in [0.717, 1.165) is 37.9 Å². The molecule has 1 aromatic carbocycles. The number of hydrogen-bond acceptors (Lipinski definition) is 1. The van der Waals surface area contributed by atoms with Gasteiger partial charge in [0.05, 0.1) is 13.2 Å². The summed E-state index contributed by atoms with van der Waals surface area (Å²) in [5.74, 6) is 1.57. The fourth-order valence-corrected chi connectivity index (χ4v) is 3.37. The van der Waals surface area contributed by atoms with Crippen molar-refractivity contribution in [1.29, 1.82) is 0 Å². The van der Waals surface area contributed by atoms with E-state index in [1.807, 2.05) is 6.92 Å². The van der Waals surface area contributed by atoms with E-state index >= 15 is 0 Å². The zero-order valence-electron chi connectivity index (χ0n) is 14.8. The van der Waals surface area contributed by atoms with Gasteiger partial charge in [-0.3, -0.25) is 0 Å². The van der Waals surface area contributed by atoms with E-state index in [0.29, 0.717) is 0 Å². The third-order valence-corrected chi connectivity index (χ3v) is 4.80. The Bertz CT molecular complexity index is 475. The lowest BCUT2D eigenvalue weighted by Gasteiger charge is -2.27. The number of hydrogen-bond donors (Lipinski definition) is 0. The molecule has 0 heterocycles. The first kappa shape index (κ1) is 18.0. The molecule has 0 unspecified atom stereocenters. The van der Waals surface area contributed by atoms with E-state index in [1.165, 1.54) is 36.8 Å². The Balaban J connectivity index is 1.75. The van der Waals surface area contributed by atoms with Crippen LogP contribution >= 0.6 is 0 Å². The molecule has 126 valence electrons. The molecule has 1 saturated carbocycles. The Kier molecular flexibility index (Phi) is 8.17. The van der Waals surface area contributed by atoms with Crippen LogP contribution in [-0.4, -0.2) is 6.61 Å². The summed E-state index contributed by atoms with van der Waals surface area (Å²) in [5, 5.41) is 0. The Hall–Kier alpha value is -1.34. The van der Waals surface area contributed by atoms with Crippen molar-refractivity contribution in [3.05, 3.63) is 59.7 Å². The van der Waals surface area contributed by atoms with Crippen LogP contribution in [0.1, 0.15) is 69.4 Å². The van der Waals surface area contributed by atoms with Crippen molar-refractivity contribution >= 4 is 0 Å². The molecule has 2 rings (SSSR count). The van der Waals surface area contributed by atoms with Crippen LogP contribution < -0.4 is 0 Å². The summed E-state index contributed by atoms with van der Waals surface area (Å²) >= 11 is 0. The second kappa shape index (κ2) is 10.4. The summed E-state index contributed by atoms with van der Waals surface area (Å²) < 4.78 is 5.70. The standard InChI is InChI=1S/C22H32O/c1-3-5-7-17-23-18-20-11-15-22(16-12-20)21-13-9-19(10-14-21)8-6-4-2/h3,5-6,8,11-12,15-16,19,21H,4,7,9-10,13-14,17-18H2,1-2H3/b5-3+,8-6+. The summed E-state index contributed by atoms with van der Waals surface area (Å²) in [6.45, 7) is 5.80. The van der Waals surface area contributed by atoms with Gasteiger partial charge in [-0.1, -0.05) is 55.5 Å². The van der Waals surface area contributed by atoms with E-state index in [4.69, 9.17) is 4.74 Å². The summed E-state index contributed by atoms with van der Waals surface area (Å²) in [6.07, 6.45) is 16.5. The van der Waals surface area contributed by atoms with Gasteiger partial charge in [0.1, 0.15) is 0 Å². The molecule has 0 amide bonds. The largest absolute Gasteiger partial charge is 0.376 e. The van der Waals surface area contributed by atoms with Crippen molar-refractivity contribution in [2.45, 2.75) is 64.9 Å². The molecule has 1 aliphatic carbocycles. The van der Waals surface area contributed by atoms with Crippen molar-refractivity contribution in [3.63, 3.8) is 0 Å². The zero-order valence-corrected chi connectivity index (χ0v) is 14.8. The Morgan fingerprint density at radius 1 is 1.04 bits per heavy atom. The Labute approximate surface area is 142 Å². The van der Waals surface area contributed by atoms with Crippen LogP contribution in [0, 0.1) is 5.92 Å². The fourth-order valence-electron chi connectivity index (χ4n) is 3.37. The van der Waals surface area contributed by atoms with E-state index < -0.39 is 0 Å². The third-order valence-electron chi connectivity index (χ3n) is 4.80. The molecular weight excluding hydrogens is 280 g/mol. The van der Waals surface area contributed by atoms with Crippen LogP contribution in [0.5, 0.6) is 0 Å². The van der Waals surface area contributed by atoms with Crippen LogP contribution in [0.2, 0.25) is 0 Å².